The van der Waals surface area contributed by atoms with Gasteiger partial charge < -0.3 is 0 Å². The van der Waals surface area contributed by atoms with Crippen LogP contribution in [0.15, 0.2) is 46.2 Å². The third-order valence-corrected chi connectivity index (χ3v) is 5.41. The first-order valence-electron chi connectivity index (χ1n) is 9.62. The Morgan fingerprint density at radius 3 is 1.42 bits per heavy atom. The minimum Gasteiger partial charge on any atom is -0.282 e. The molecule has 0 bridgehead atoms. The fraction of sp³-hybridized carbons (Fsp3) is 0.333. The molecule has 0 aromatic heterocycles. The SMILES string of the molecule is [2H]C([2H])(CCC([2H])([2H])c1cc(C)ccc1S(=O)(=O)O)c1cc(C)ccc1S(=O)(=O)O. The van der Waals surface area contributed by atoms with Crippen molar-refractivity contribution in [2.45, 2.75) is 49.2 Å². The van der Waals surface area contributed by atoms with Crippen LogP contribution < -0.4 is 0 Å². The third-order valence-electron chi connectivity index (χ3n) is 3.58. The summed E-state index contributed by atoms with van der Waals surface area (Å²) in [4.78, 5) is -1.24. The Balaban J connectivity index is 2.47. The summed E-state index contributed by atoms with van der Waals surface area (Å²) in [6.45, 7) is 3.22. The van der Waals surface area contributed by atoms with E-state index in [1.807, 2.05) is 0 Å². The minimum atomic E-state index is -4.72. The summed E-state index contributed by atoms with van der Waals surface area (Å²) < 4.78 is 98.6. The van der Waals surface area contributed by atoms with Crippen LogP contribution in [0.4, 0.5) is 0 Å². The van der Waals surface area contributed by atoms with E-state index < -0.39 is 55.6 Å². The molecule has 2 aromatic carbocycles. The van der Waals surface area contributed by atoms with Gasteiger partial charge in [-0.1, -0.05) is 35.4 Å². The molecule has 0 aliphatic carbocycles. The first-order valence-corrected chi connectivity index (χ1v) is 10.5. The average Bonchev–Trinajstić information content (AvgIpc) is 2.58. The van der Waals surface area contributed by atoms with Crippen LogP contribution in [0.1, 0.15) is 40.6 Å². The highest BCUT2D eigenvalue weighted by Crippen LogP contribution is 2.22. The highest BCUT2D eigenvalue weighted by molar-refractivity contribution is 7.86. The van der Waals surface area contributed by atoms with Crippen molar-refractivity contribution in [3.63, 3.8) is 0 Å². The molecule has 2 aromatic rings. The molecule has 2 N–H and O–H groups in total. The predicted octanol–water partition coefficient (Wildman–Crippen LogP) is 3.36. The second kappa shape index (κ2) is 7.87. The number of aryl methyl sites for hydroxylation is 4. The Morgan fingerprint density at radius 2 is 1.12 bits per heavy atom. The molecule has 0 fully saturated rings. The molecular formula is C18H22O6S2. The Hall–Kier alpha value is -1.74. The van der Waals surface area contributed by atoms with Gasteiger partial charge in [0.15, 0.2) is 0 Å². The standard InChI is InChI=1S/C18H22O6S2/c1-13-7-9-17(25(19,20)21)15(11-13)5-3-4-6-16-12-14(2)8-10-18(16)26(22,23)24/h7-12H,3-6H2,1-2H3,(H,19,20,21)(H,22,23,24)/i5D2,6D2. The Labute approximate surface area is 160 Å². The molecule has 0 unspecified atom stereocenters. The van der Waals surface area contributed by atoms with Gasteiger partial charge in [-0.15, -0.1) is 0 Å². The second-order valence-electron chi connectivity index (χ2n) is 5.80. The van der Waals surface area contributed by atoms with Gasteiger partial charge in [0.05, 0.1) is 9.79 Å². The van der Waals surface area contributed by atoms with Gasteiger partial charge in [-0.3, -0.25) is 9.11 Å². The van der Waals surface area contributed by atoms with E-state index in [-0.39, 0.29) is 11.1 Å². The molecule has 0 saturated carbocycles. The van der Waals surface area contributed by atoms with Gasteiger partial charge in [0.25, 0.3) is 20.2 Å². The zero-order valence-corrected chi connectivity index (χ0v) is 15.9. The summed E-state index contributed by atoms with van der Waals surface area (Å²) in [5, 5.41) is 0. The molecule has 8 heteroatoms. The predicted molar refractivity (Wildman–Crippen MR) is 98.6 cm³/mol. The number of benzene rings is 2. The lowest BCUT2D eigenvalue weighted by molar-refractivity contribution is 0.479. The van der Waals surface area contributed by atoms with Crippen LogP contribution in [-0.4, -0.2) is 25.9 Å². The van der Waals surface area contributed by atoms with Crippen molar-refractivity contribution in [2.24, 2.45) is 0 Å². The van der Waals surface area contributed by atoms with Crippen molar-refractivity contribution in [2.75, 3.05) is 0 Å². The Kier molecular flexibility index (Phi) is 4.64. The maximum absolute atomic E-state index is 11.6. The average molecular weight is 403 g/mol. The van der Waals surface area contributed by atoms with Crippen LogP contribution in [-0.2, 0) is 33.0 Å². The molecule has 0 saturated heterocycles. The fourth-order valence-electron chi connectivity index (χ4n) is 2.41. The number of hydrogen-bond donors (Lipinski definition) is 2. The molecule has 0 atom stereocenters. The van der Waals surface area contributed by atoms with E-state index in [9.17, 15) is 25.9 Å². The summed E-state index contributed by atoms with van der Waals surface area (Å²) in [5.41, 5.74) is 0.438. The van der Waals surface area contributed by atoms with Crippen molar-refractivity contribution < 1.29 is 31.4 Å². The molecule has 0 heterocycles. The molecule has 0 radical (unpaired) electrons. The molecule has 6 nitrogen and oxygen atoms in total. The normalized spacial score (nSPS) is 15.7. The Bertz CT molecular complexity index is 1080. The zero-order valence-electron chi connectivity index (χ0n) is 18.2. The van der Waals surface area contributed by atoms with Crippen LogP contribution in [0.3, 0.4) is 0 Å². The van der Waals surface area contributed by atoms with Crippen LogP contribution in [0.5, 0.6) is 0 Å². The van der Waals surface area contributed by atoms with Gasteiger partial charge in [-0.2, -0.15) is 16.8 Å². The highest BCUT2D eigenvalue weighted by Gasteiger charge is 2.17. The van der Waals surface area contributed by atoms with Gasteiger partial charge in [-0.25, -0.2) is 0 Å². The van der Waals surface area contributed by atoms with Gasteiger partial charge in [0, 0.05) is 5.48 Å². The summed E-state index contributed by atoms with van der Waals surface area (Å²) in [6, 6.07) is 7.46. The lowest BCUT2D eigenvalue weighted by Gasteiger charge is -2.10. The van der Waals surface area contributed by atoms with Crippen molar-refractivity contribution in [3.05, 3.63) is 58.7 Å². The summed E-state index contributed by atoms with van der Waals surface area (Å²) in [6.07, 6.45) is -5.76. The van der Waals surface area contributed by atoms with E-state index in [4.69, 9.17) is 5.48 Å². The van der Waals surface area contributed by atoms with E-state index in [2.05, 4.69) is 0 Å². The highest BCUT2D eigenvalue weighted by atomic mass is 32.2. The molecule has 2 rings (SSSR count). The molecule has 0 aliphatic rings. The summed E-state index contributed by atoms with van der Waals surface area (Å²) >= 11 is 0. The maximum Gasteiger partial charge on any atom is 0.294 e. The first kappa shape index (κ1) is 15.3. The second-order valence-corrected chi connectivity index (χ2v) is 8.58. The summed E-state index contributed by atoms with van der Waals surface area (Å²) in [7, 11) is -9.43. The molecule has 0 aliphatic heterocycles. The molecule has 0 spiro atoms. The van der Waals surface area contributed by atoms with Crippen LogP contribution in [0.2, 0.25) is 0 Å². The van der Waals surface area contributed by atoms with Crippen LogP contribution >= 0.6 is 0 Å². The van der Waals surface area contributed by atoms with Crippen molar-refractivity contribution in [1.82, 2.24) is 0 Å². The van der Waals surface area contributed by atoms with Gasteiger partial charge in [0.1, 0.15) is 0 Å². The lowest BCUT2D eigenvalue weighted by atomic mass is 10.0. The van der Waals surface area contributed by atoms with Crippen molar-refractivity contribution in [1.29, 1.82) is 0 Å². The van der Waals surface area contributed by atoms with E-state index in [0.29, 0.717) is 11.1 Å². The maximum atomic E-state index is 11.6. The van der Waals surface area contributed by atoms with Gasteiger partial charge >= 0.3 is 0 Å². The first-order chi connectivity index (χ1) is 13.4. The minimum absolute atomic E-state index is 0.319. The number of rotatable bonds is 7. The topological polar surface area (TPSA) is 109 Å². The van der Waals surface area contributed by atoms with Crippen molar-refractivity contribution >= 4 is 20.2 Å². The van der Waals surface area contributed by atoms with E-state index in [1.54, 1.807) is 13.8 Å². The lowest BCUT2D eigenvalue weighted by Crippen LogP contribution is -2.05. The summed E-state index contributed by atoms with van der Waals surface area (Å²) in [5.74, 6) is 0. The quantitative estimate of drug-likeness (QED) is 0.687. The number of hydrogen-bond acceptors (Lipinski definition) is 4. The monoisotopic (exact) mass is 402 g/mol. The van der Waals surface area contributed by atoms with E-state index >= 15 is 0 Å². The van der Waals surface area contributed by atoms with Gasteiger partial charge in [-0.05, 0) is 62.7 Å². The largest absolute Gasteiger partial charge is 0.294 e. The molecule has 142 valence electrons. The molecule has 26 heavy (non-hydrogen) atoms. The van der Waals surface area contributed by atoms with Crippen LogP contribution in [0.25, 0.3) is 0 Å². The van der Waals surface area contributed by atoms with E-state index in [0.717, 1.165) is 12.1 Å². The van der Waals surface area contributed by atoms with Crippen molar-refractivity contribution in [3.8, 4) is 0 Å². The Morgan fingerprint density at radius 1 is 0.769 bits per heavy atom. The zero-order chi connectivity index (χ0) is 23.1. The molecule has 0 amide bonds. The fourth-order valence-corrected chi connectivity index (χ4v) is 3.71. The van der Waals surface area contributed by atoms with E-state index in [1.165, 1.54) is 24.3 Å². The van der Waals surface area contributed by atoms with Gasteiger partial charge in [0.2, 0.25) is 0 Å². The molecular weight excluding hydrogens is 376 g/mol. The van der Waals surface area contributed by atoms with Crippen LogP contribution in [0, 0.1) is 13.8 Å². The smallest absolute Gasteiger partial charge is 0.282 e. The third kappa shape index (κ3) is 5.38.